The average molecular weight is 1820 g/mol. The molecule has 12 aromatic rings. The van der Waals surface area contributed by atoms with E-state index in [0.717, 1.165) is 48.5 Å². The quantitative estimate of drug-likeness (QED) is 0.00346. The maximum atomic E-state index is 13.8. The van der Waals surface area contributed by atoms with E-state index in [9.17, 15) is 93.8 Å². The standard InChI is InChI=1S/C69H53N11O31S9/c1-35-13-16-41(17-14-35)120(102,103)105-56-31-43(116(90,91)92)28-38-27-42(115(87,88)89)30-54(61(38)56)76-74-52-34-55(104-23-8-24-112-109-106-84)53(25-36(52)2)75-80-65-60(118(96,97)98)33-48-46(68(65)83)20-22-51(69(48)119(99,100)101)73-77-62-47-32-58(114-111-108-86)64(67(82)45(47)19-21-50(62)70-39-9-4-3-5-10-39)78-71-40-15-18-44-37(26-40)29-57(113-110-107-85)63(66(44)81)79-72-49-11-6-7-12-59(49)117(93,94)95/h3-7,9-22,25-34,70,81-86H,8,23-24H2,1-2H3,(H,87,88,89)(H,90,91,92)(H,93,94,95)(H,96,97,98)(H,99,100,101). The van der Waals surface area contributed by atoms with Crippen molar-refractivity contribution in [1.82, 2.24) is 0 Å². The van der Waals surface area contributed by atoms with Crippen LogP contribution in [0.25, 0.3) is 43.1 Å². The minimum atomic E-state index is -5.68. The monoisotopic (exact) mass is 1820 g/mol. The summed E-state index contributed by atoms with van der Waals surface area (Å²) >= 11 is 1.22. The number of nitrogens with zero attached hydrogens (tertiary/aromatic N) is 10. The average Bonchev–Trinajstić information content (AvgIpc) is 0.680. The van der Waals surface area contributed by atoms with Gasteiger partial charge in [-0.1, -0.05) is 63.1 Å². The summed E-state index contributed by atoms with van der Waals surface area (Å²) in [6.45, 7) is 2.77. The van der Waals surface area contributed by atoms with E-state index in [2.05, 4.69) is 80.2 Å². The topological polar surface area (TPSA) is 637 Å². The summed E-state index contributed by atoms with van der Waals surface area (Å²) in [5.74, 6) is -3.52. The summed E-state index contributed by atoms with van der Waals surface area (Å²) in [4.78, 5) is -5.86. The molecule has 42 nitrogen and oxygen atoms in total. The van der Waals surface area contributed by atoms with E-state index in [4.69, 9.17) is 23.8 Å². The van der Waals surface area contributed by atoms with Crippen molar-refractivity contribution in [2.75, 3.05) is 17.7 Å². The largest absolute Gasteiger partial charge is 0.505 e. The molecule has 624 valence electrons. The summed E-state index contributed by atoms with van der Waals surface area (Å²) in [5.41, 5.74) is -3.05. The number of fused-ring (bicyclic) bond motifs is 4. The molecule has 12 aromatic carbocycles. The van der Waals surface area contributed by atoms with Crippen molar-refractivity contribution in [3.05, 3.63) is 187 Å². The summed E-state index contributed by atoms with van der Waals surface area (Å²) in [6, 6.07) is 35.4. The smallest absolute Gasteiger partial charge is 0.339 e. The molecule has 0 atom stereocenters. The second kappa shape index (κ2) is 36.3. The van der Waals surface area contributed by atoms with E-state index >= 15 is 0 Å². The number of nitrogens with one attached hydrogen (secondary N) is 1. The van der Waals surface area contributed by atoms with E-state index in [-0.39, 0.29) is 119 Å². The van der Waals surface area contributed by atoms with Crippen LogP contribution in [0.15, 0.2) is 266 Å². The predicted octanol–water partition coefficient (Wildman–Crippen LogP) is 18.5. The molecule has 0 radical (unpaired) electrons. The lowest BCUT2D eigenvalue weighted by atomic mass is 10.0. The van der Waals surface area contributed by atoms with Crippen molar-refractivity contribution < 1.29 is 141 Å². The highest BCUT2D eigenvalue weighted by Crippen LogP contribution is 2.53. The van der Waals surface area contributed by atoms with Crippen LogP contribution in [-0.2, 0) is 88.8 Å². The third-order valence-electron chi connectivity index (χ3n) is 16.8. The zero-order valence-electron chi connectivity index (χ0n) is 60.1. The number of anilines is 2. The number of benzene rings is 12. The van der Waals surface area contributed by atoms with Gasteiger partial charge in [0.1, 0.15) is 65.1 Å². The first-order chi connectivity index (χ1) is 56.8. The molecular formula is C69H53N11O31S9. The molecule has 0 unspecified atom stereocenters. The van der Waals surface area contributed by atoms with Crippen LogP contribution >= 0.6 is 36.1 Å². The van der Waals surface area contributed by atoms with Crippen LogP contribution in [0.1, 0.15) is 17.5 Å². The van der Waals surface area contributed by atoms with Gasteiger partial charge < -0.3 is 29.6 Å². The van der Waals surface area contributed by atoms with Crippen molar-refractivity contribution in [3.8, 4) is 28.7 Å². The highest BCUT2D eigenvalue weighted by Gasteiger charge is 2.31. The molecule has 0 aliphatic rings. The second-order valence-electron chi connectivity index (χ2n) is 24.6. The van der Waals surface area contributed by atoms with Crippen LogP contribution in [0.2, 0.25) is 0 Å². The maximum Gasteiger partial charge on any atom is 0.339 e. The molecule has 51 heteroatoms. The molecule has 0 saturated heterocycles. The molecule has 0 aliphatic carbocycles. The normalized spacial score (nSPS) is 12.8. The van der Waals surface area contributed by atoms with Crippen LogP contribution in [0, 0.1) is 13.8 Å². The molecule has 0 fully saturated rings. The van der Waals surface area contributed by atoms with E-state index in [1.54, 1.807) is 37.3 Å². The number of hydrogen-bond donors (Lipinski definition) is 12. The fraction of sp³-hybridized carbons (Fsp3) is 0.0725. The molecule has 12 N–H and O–H groups in total. The molecule has 0 spiro atoms. The van der Waals surface area contributed by atoms with Gasteiger partial charge in [0, 0.05) is 62.5 Å². The Labute approximate surface area is 688 Å². The molecule has 0 aromatic heterocycles. The van der Waals surface area contributed by atoms with E-state index in [1.165, 1.54) is 85.8 Å². The van der Waals surface area contributed by atoms with E-state index < -0.39 is 152 Å². The van der Waals surface area contributed by atoms with Gasteiger partial charge >= 0.3 is 10.1 Å². The van der Waals surface area contributed by atoms with Crippen LogP contribution in [0.4, 0.5) is 68.2 Å². The Hall–Kier alpha value is -11.3. The SMILES string of the molecule is Cc1ccc(S(=O)(=O)Oc2cc(S(=O)(=O)O)cc3cc(S(=O)(=O)O)cc(N=Nc4cc(OCCCSOOO)c(N=Nc5c(S(=O)(=O)O)cc6c(S(=O)(=O)O)c(N=Nc7c(Nc8ccccc8)ccc8c(O)c(N=Nc9ccc%10c(O)c(N=Nc%11ccccc%11S(=O)(=O)O)c(SOOO)cc%10c9)c(SOOO)cc78)ccc6c5O)cc4C)c23)cc1. The number of rotatable bonds is 33. The fourth-order valence-corrected chi connectivity index (χ4v) is 16.9. The molecule has 0 amide bonds. The van der Waals surface area contributed by atoms with Gasteiger partial charge in [-0.25, -0.2) is 15.8 Å². The molecule has 0 aliphatic heterocycles. The Bertz CT molecular complexity index is 7000. The van der Waals surface area contributed by atoms with Gasteiger partial charge in [-0.2, -0.15) is 60.7 Å². The number of ether oxygens (including phenoxy) is 1. The number of para-hydroxylation sites is 1. The number of phenolic OH excluding ortho intramolecular Hbond substituents is 3. The van der Waals surface area contributed by atoms with Gasteiger partial charge in [-0.3, -0.25) is 22.8 Å². The lowest BCUT2D eigenvalue weighted by molar-refractivity contribution is -0.432. The zero-order chi connectivity index (χ0) is 86.4. The Balaban J connectivity index is 0.937. The van der Waals surface area contributed by atoms with Crippen LogP contribution in [0.3, 0.4) is 0 Å². The minimum Gasteiger partial charge on any atom is -0.505 e. The molecule has 0 bridgehead atoms. The minimum absolute atomic E-state index is 0.0223. The number of hydrogen-bond acceptors (Lipinski definition) is 40. The van der Waals surface area contributed by atoms with Crippen molar-refractivity contribution in [3.63, 3.8) is 0 Å². The van der Waals surface area contributed by atoms with Gasteiger partial charge in [-0.05, 0) is 158 Å². The van der Waals surface area contributed by atoms with E-state index in [0.29, 0.717) is 53.5 Å². The Morgan fingerprint density at radius 2 is 0.958 bits per heavy atom. The lowest BCUT2D eigenvalue weighted by Gasteiger charge is -2.15. The zero-order valence-corrected chi connectivity index (χ0v) is 67.4. The van der Waals surface area contributed by atoms with Gasteiger partial charge in [0.2, 0.25) is 0 Å². The van der Waals surface area contributed by atoms with Crippen molar-refractivity contribution in [2.45, 2.75) is 59.4 Å². The first-order valence-electron chi connectivity index (χ1n) is 33.0. The molecule has 0 heterocycles. The first kappa shape index (κ1) is 88.0. The highest BCUT2D eigenvalue weighted by molar-refractivity contribution is 7.95. The Morgan fingerprint density at radius 1 is 0.400 bits per heavy atom. The first-order valence-corrected chi connectivity index (χ1v) is 44.0. The predicted molar refractivity (Wildman–Crippen MR) is 426 cm³/mol. The number of azo groups is 5. The highest BCUT2D eigenvalue weighted by atomic mass is 32.2. The summed E-state index contributed by atoms with van der Waals surface area (Å²) in [6.07, 6.45) is 0.0882. The van der Waals surface area contributed by atoms with Crippen molar-refractivity contribution in [1.29, 1.82) is 0 Å². The number of aromatic hydroxyl groups is 3. The van der Waals surface area contributed by atoms with Crippen molar-refractivity contribution >= 4 is 208 Å². The van der Waals surface area contributed by atoms with E-state index in [1.807, 2.05) is 0 Å². The molecule has 120 heavy (non-hydrogen) atoms. The third kappa shape index (κ3) is 20.2. The fourth-order valence-electron chi connectivity index (χ4n) is 11.5. The Kier molecular flexibility index (Phi) is 26.6. The Morgan fingerprint density at radius 3 is 1.62 bits per heavy atom. The van der Waals surface area contributed by atoms with Gasteiger partial charge in [0.05, 0.1) is 78.4 Å². The van der Waals surface area contributed by atoms with Crippen molar-refractivity contribution in [2.24, 2.45) is 51.1 Å². The lowest BCUT2D eigenvalue weighted by Crippen LogP contribution is -2.11. The van der Waals surface area contributed by atoms with Gasteiger partial charge in [0.25, 0.3) is 50.6 Å². The molecule has 0 saturated carbocycles. The number of phenols is 3. The summed E-state index contributed by atoms with van der Waals surface area (Å²) in [5, 5.41) is 117. The van der Waals surface area contributed by atoms with Crippen LogP contribution < -0.4 is 14.2 Å². The van der Waals surface area contributed by atoms with Gasteiger partial charge in [0.15, 0.2) is 23.0 Å². The number of aryl methyl sites for hydroxylation is 2. The maximum absolute atomic E-state index is 13.8. The molecular weight excluding hydrogens is 1770 g/mol. The molecule has 12 rings (SSSR count). The summed E-state index contributed by atoms with van der Waals surface area (Å²) < 4.78 is 234. The van der Waals surface area contributed by atoms with Crippen LogP contribution in [0.5, 0.6) is 28.7 Å². The van der Waals surface area contributed by atoms with Gasteiger partial charge in [-0.15, -0.1) is 53.9 Å². The summed E-state index contributed by atoms with van der Waals surface area (Å²) in [7, 11) is -31.5. The van der Waals surface area contributed by atoms with Crippen LogP contribution in [-0.4, -0.2) is 117 Å². The third-order valence-corrected chi connectivity index (χ3v) is 24.3. The second-order valence-corrected chi connectivity index (χ2v) is 35.4.